The molecule has 3 rings (SSSR count). The number of methoxy groups -OCH3 is 1. The van der Waals surface area contributed by atoms with Crippen molar-refractivity contribution in [3.8, 4) is 0 Å². The highest BCUT2D eigenvalue weighted by Gasteiger charge is 2.29. The molecule has 1 aliphatic rings. The summed E-state index contributed by atoms with van der Waals surface area (Å²) in [4.78, 5) is 38.5. The monoisotopic (exact) mass is 356 g/mol. The van der Waals surface area contributed by atoms with E-state index in [2.05, 4.69) is 10.4 Å². The number of carbonyl (C=O) groups excluding carboxylic acids is 3. The molecule has 1 aromatic heterocycles. The number of aromatic nitrogens is 2. The van der Waals surface area contributed by atoms with E-state index in [1.54, 1.807) is 31.4 Å². The van der Waals surface area contributed by atoms with Crippen molar-refractivity contribution < 1.29 is 19.1 Å². The van der Waals surface area contributed by atoms with E-state index in [1.807, 2.05) is 6.07 Å². The summed E-state index contributed by atoms with van der Waals surface area (Å²) in [7, 11) is 1.55. The summed E-state index contributed by atoms with van der Waals surface area (Å²) in [5.74, 6) is -0.780. The van der Waals surface area contributed by atoms with Crippen LogP contribution >= 0.6 is 0 Å². The number of rotatable bonds is 7. The number of hydrogen-bond donors (Lipinski definition) is 1. The highest BCUT2D eigenvalue weighted by Crippen LogP contribution is 2.15. The molecule has 2 aromatic rings. The van der Waals surface area contributed by atoms with Gasteiger partial charge in [0.15, 0.2) is 11.5 Å². The van der Waals surface area contributed by atoms with Gasteiger partial charge in [-0.05, 0) is 0 Å². The number of benzene rings is 1. The number of ether oxygens (including phenoxy) is 1. The zero-order valence-corrected chi connectivity index (χ0v) is 14.5. The summed E-state index contributed by atoms with van der Waals surface area (Å²) in [6.45, 7) is 1.57. The molecule has 0 aliphatic carbocycles. The van der Waals surface area contributed by atoms with E-state index in [4.69, 9.17) is 4.74 Å². The average Bonchev–Trinajstić information content (AvgIpc) is 3.10. The largest absolute Gasteiger partial charge is 0.383 e. The number of hydrogen-bond acceptors (Lipinski definition) is 5. The second kappa shape index (κ2) is 7.92. The Hall–Kier alpha value is -3.00. The van der Waals surface area contributed by atoms with Gasteiger partial charge in [0.05, 0.1) is 19.7 Å². The minimum atomic E-state index is -0.358. The Labute approximate surface area is 150 Å². The maximum absolute atomic E-state index is 12.6. The van der Waals surface area contributed by atoms with Gasteiger partial charge in [-0.25, -0.2) is 0 Å². The summed E-state index contributed by atoms with van der Waals surface area (Å²) in [6.07, 6.45) is 0. The number of fused-ring (bicyclic) bond motifs is 1. The van der Waals surface area contributed by atoms with Crippen LogP contribution in [0.4, 0.5) is 0 Å². The van der Waals surface area contributed by atoms with Crippen LogP contribution < -0.4 is 5.32 Å². The molecular weight excluding hydrogens is 336 g/mol. The molecule has 1 aliphatic heterocycles. The maximum atomic E-state index is 12.6. The predicted molar refractivity (Wildman–Crippen MR) is 93.1 cm³/mol. The molecule has 8 nitrogen and oxygen atoms in total. The molecular formula is C18H20N4O4. The lowest BCUT2D eigenvalue weighted by atomic mass is 10.1. The van der Waals surface area contributed by atoms with Crippen molar-refractivity contribution >= 4 is 17.6 Å². The van der Waals surface area contributed by atoms with Gasteiger partial charge in [-0.3, -0.25) is 19.1 Å². The van der Waals surface area contributed by atoms with Gasteiger partial charge in [-0.15, -0.1) is 0 Å². The van der Waals surface area contributed by atoms with Crippen molar-refractivity contribution in [2.75, 3.05) is 33.4 Å². The summed E-state index contributed by atoms with van der Waals surface area (Å²) >= 11 is 0. The van der Waals surface area contributed by atoms with Gasteiger partial charge in [-0.1, -0.05) is 30.3 Å². The number of carbonyl (C=O) groups is 3. The molecule has 0 bridgehead atoms. The van der Waals surface area contributed by atoms with E-state index in [0.717, 1.165) is 0 Å². The van der Waals surface area contributed by atoms with Gasteiger partial charge < -0.3 is 15.0 Å². The molecule has 26 heavy (non-hydrogen) atoms. The lowest BCUT2D eigenvalue weighted by molar-refractivity contribution is 0.0658. The summed E-state index contributed by atoms with van der Waals surface area (Å²) in [6, 6.07) is 10.3. The number of amides is 2. The first kappa shape index (κ1) is 17.8. The van der Waals surface area contributed by atoms with E-state index < -0.39 is 0 Å². The van der Waals surface area contributed by atoms with Crippen molar-refractivity contribution in [3.63, 3.8) is 0 Å². The quantitative estimate of drug-likeness (QED) is 0.579. The third-order valence-corrected chi connectivity index (χ3v) is 4.12. The molecule has 1 aromatic carbocycles. The van der Waals surface area contributed by atoms with Crippen LogP contribution in [0.15, 0.2) is 36.4 Å². The molecule has 136 valence electrons. The third kappa shape index (κ3) is 3.80. The maximum Gasteiger partial charge on any atom is 0.272 e. The zero-order valence-electron chi connectivity index (χ0n) is 14.5. The molecule has 8 heteroatoms. The van der Waals surface area contributed by atoms with Gasteiger partial charge >= 0.3 is 0 Å². The smallest absolute Gasteiger partial charge is 0.272 e. The molecule has 0 saturated carbocycles. The molecule has 0 radical (unpaired) electrons. The third-order valence-electron chi connectivity index (χ3n) is 4.12. The molecule has 2 amide bonds. The van der Waals surface area contributed by atoms with Crippen molar-refractivity contribution in [2.24, 2.45) is 0 Å². The average molecular weight is 356 g/mol. The highest BCUT2D eigenvalue weighted by atomic mass is 16.5. The Morgan fingerprint density at radius 2 is 2.00 bits per heavy atom. The van der Waals surface area contributed by atoms with Gasteiger partial charge in [0.1, 0.15) is 5.69 Å². The first-order valence-corrected chi connectivity index (χ1v) is 8.32. The van der Waals surface area contributed by atoms with Gasteiger partial charge in [0.25, 0.3) is 11.8 Å². The Kier molecular flexibility index (Phi) is 5.43. The standard InChI is InChI=1S/C18H20N4O4/c1-26-10-7-19-17(24)14-11-15-18(25)21(8-9-22(15)20-14)12-16(23)13-5-3-2-4-6-13/h2-6,11H,7-10,12H2,1H3,(H,19,24). The van der Waals surface area contributed by atoms with Crippen LogP contribution in [-0.2, 0) is 11.3 Å². The van der Waals surface area contributed by atoms with Crippen LogP contribution in [0.3, 0.4) is 0 Å². The number of Topliss-reactive ketones (excluding diaryl/α,β-unsaturated/α-hetero) is 1. The summed E-state index contributed by atoms with van der Waals surface area (Å²) in [5.41, 5.74) is 1.06. The van der Waals surface area contributed by atoms with E-state index in [9.17, 15) is 14.4 Å². The van der Waals surface area contributed by atoms with Crippen LogP contribution in [-0.4, -0.2) is 65.6 Å². The summed E-state index contributed by atoms with van der Waals surface area (Å²) < 4.78 is 6.39. The fourth-order valence-corrected chi connectivity index (χ4v) is 2.75. The first-order valence-electron chi connectivity index (χ1n) is 8.32. The van der Waals surface area contributed by atoms with Crippen LogP contribution in [0.1, 0.15) is 31.3 Å². The van der Waals surface area contributed by atoms with E-state index in [1.165, 1.54) is 15.6 Å². The van der Waals surface area contributed by atoms with E-state index in [0.29, 0.717) is 37.5 Å². The normalized spacial score (nSPS) is 13.4. The van der Waals surface area contributed by atoms with E-state index in [-0.39, 0.29) is 29.8 Å². The lowest BCUT2D eigenvalue weighted by Gasteiger charge is -2.26. The molecule has 0 saturated heterocycles. The van der Waals surface area contributed by atoms with E-state index >= 15 is 0 Å². The molecule has 0 fully saturated rings. The van der Waals surface area contributed by atoms with Crippen LogP contribution in [0.2, 0.25) is 0 Å². The Bertz CT molecular complexity index is 816. The number of nitrogens with zero attached hydrogens (tertiary/aromatic N) is 3. The number of nitrogens with one attached hydrogen (secondary N) is 1. The van der Waals surface area contributed by atoms with Gasteiger partial charge in [0, 0.05) is 31.8 Å². The molecule has 2 heterocycles. The Morgan fingerprint density at radius 1 is 1.23 bits per heavy atom. The Balaban J connectivity index is 1.68. The SMILES string of the molecule is COCCNC(=O)c1cc2n(n1)CCN(CC(=O)c1ccccc1)C2=O. The molecule has 0 spiro atoms. The molecule has 1 N–H and O–H groups in total. The second-order valence-corrected chi connectivity index (χ2v) is 5.90. The zero-order chi connectivity index (χ0) is 18.5. The summed E-state index contributed by atoms with van der Waals surface area (Å²) in [5, 5.41) is 6.85. The van der Waals surface area contributed by atoms with Crippen molar-refractivity contribution in [1.82, 2.24) is 20.0 Å². The van der Waals surface area contributed by atoms with Crippen LogP contribution in [0.5, 0.6) is 0 Å². The van der Waals surface area contributed by atoms with Crippen LogP contribution in [0, 0.1) is 0 Å². The topological polar surface area (TPSA) is 93.5 Å². The van der Waals surface area contributed by atoms with Gasteiger partial charge in [-0.2, -0.15) is 5.10 Å². The minimum Gasteiger partial charge on any atom is -0.383 e. The highest BCUT2D eigenvalue weighted by molar-refractivity contribution is 6.03. The predicted octanol–water partition coefficient (Wildman–Crippen LogP) is 0.598. The Morgan fingerprint density at radius 3 is 2.73 bits per heavy atom. The molecule has 0 unspecified atom stereocenters. The minimum absolute atomic E-state index is 0.00337. The number of ketones is 1. The fraction of sp³-hybridized carbons (Fsp3) is 0.333. The van der Waals surface area contributed by atoms with Crippen molar-refractivity contribution in [1.29, 1.82) is 0 Å². The first-order chi connectivity index (χ1) is 12.6. The fourth-order valence-electron chi connectivity index (χ4n) is 2.75. The van der Waals surface area contributed by atoms with Crippen molar-refractivity contribution in [2.45, 2.75) is 6.54 Å². The molecule has 0 atom stereocenters. The second-order valence-electron chi connectivity index (χ2n) is 5.90. The lowest BCUT2D eigenvalue weighted by Crippen LogP contribution is -2.43. The van der Waals surface area contributed by atoms with Crippen molar-refractivity contribution in [3.05, 3.63) is 53.3 Å². The van der Waals surface area contributed by atoms with Crippen LogP contribution in [0.25, 0.3) is 0 Å². The van der Waals surface area contributed by atoms with Gasteiger partial charge in [0.2, 0.25) is 0 Å².